The van der Waals surface area contributed by atoms with Crippen molar-refractivity contribution in [1.82, 2.24) is 0 Å². The highest BCUT2D eigenvalue weighted by Crippen LogP contribution is 2.44. The normalized spacial score (nSPS) is 21.9. The van der Waals surface area contributed by atoms with Crippen LogP contribution in [0.15, 0.2) is 42.5 Å². The van der Waals surface area contributed by atoms with Crippen LogP contribution in [0.25, 0.3) is 0 Å². The standard InChI is InChI=1S/C17H18O/c1-11-7-8-14-15(10-17(18)16(14)9-11)13-6-4-3-5-12(13)2/h3-9,15,17-18H,10H2,1-2H3/t15-,17?/m1/s1. The van der Waals surface area contributed by atoms with Crippen LogP contribution in [0.2, 0.25) is 0 Å². The average molecular weight is 238 g/mol. The molecule has 2 aromatic rings. The van der Waals surface area contributed by atoms with Crippen LogP contribution in [-0.4, -0.2) is 5.11 Å². The van der Waals surface area contributed by atoms with E-state index in [2.05, 4.69) is 56.3 Å². The van der Waals surface area contributed by atoms with Crippen LogP contribution in [0.5, 0.6) is 0 Å². The summed E-state index contributed by atoms with van der Waals surface area (Å²) in [6.07, 6.45) is 0.494. The Hall–Kier alpha value is -1.60. The van der Waals surface area contributed by atoms with Gasteiger partial charge in [-0.05, 0) is 42.5 Å². The van der Waals surface area contributed by atoms with Crippen LogP contribution in [0.3, 0.4) is 0 Å². The molecule has 0 aliphatic heterocycles. The lowest BCUT2D eigenvalue weighted by atomic mass is 9.90. The number of aryl methyl sites for hydroxylation is 2. The predicted molar refractivity (Wildman–Crippen MR) is 73.8 cm³/mol. The van der Waals surface area contributed by atoms with E-state index in [9.17, 15) is 5.11 Å². The molecule has 1 nitrogen and oxygen atoms in total. The van der Waals surface area contributed by atoms with Crippen LogP contribution < -0.4 is 0 Å². The Labute approximate surface area is 108 Å². The molecule has 3 rings (SSSR count). The Morgan fingerprint density at radius 2 is 1.72 bits per heavy atom. The lowest BCUT2D eigenvalue weighted by Gasteiger charge is -2.14. The van der Waals surface area contributed by atoms with Crippen LogP contribution in [-0.2, 0) is 0 Å². The molecule has 1 aliphatic rings. The van der Waals surface area contributed by atoms with E-state index in [-0.39, 0.29) is 6.10 Å². The number of aliphatic hydroxyl groups is 1. The quantitative estimate of drug-likeness (QED) is 0.799. The third-order valence-electron chi connectivity index (χ3n) is 4.00. The van der Waals surface area contributed by atoms with Gasteiger partial charge in [-0.1, -0.05) is 48.0 Å². The molecule has 1 unspecified atom stereocenters. The third-order valence-corrected chi connectivity index (χ3v) is 4.00. The lowest BCUT2D eigenvalue weighted by Crippen LogP contribution is -1.99. The largest absolute Gasteiger partial charge is 0.388 e. The molecule has 0 saturated carbocycles. The minimum absolute atomic E-state index is 0.315. The van der Waals surface area contributed by atoms with Crippen LogP contribution in [0.1, 0.15) is 46.3 Å². The third kappa shape index (κ3) is 1.75. The fraction of sp³-hybridized carbons (Fsp3) is 0.294. The smallest absolute Gasteiger partial charge is 0.0802 e. The van der Waals surface area contributed by atoms with Gasteiger partial charge in [-0.2, -0.15) is 0 Å². The van der Waals surface area contributed by atoms with Gasteiger partial charge in [0.1, 0.15) is 0 Å². The summed E-state index contributed by atoms with van der Waals surface area (Å²) in [5.41, 5.74) is 6.28. The molecular formula is C17H18O. The van der Waals surface area contributed by atoms with Crippen LogP contribution >= 0.6 is 0 Å². The molecule has 0 heterocycles. The number of benzene rings is 2. The van der Waals surface area contributed by atoms with Gasteiger partial charge in [-0.25, -0.2) is 0 Å². The van der Waals surface area contributed by atoms with Crippen molar-refractivity contribution in [3.05, 3.63) is 70.3 Å². The maximum Gasteiger partial charge on any atom is 0.0802 e. The first-order chi connectivity index (χ1) is 8.66. The summed E-state index contributed by atoms with van der Waals surface area (Å²) in [5, 5.41) is 10.2. The molecule has 0 bridgehead atoms. The first-order valence-corrected chi connectivity index (χ1v) is 6.51. The highest BCUT2D eigenvalue weighted by molar-refractivity contribution is 5.47. The zero-order valence-electron chi connectivity index (χ0n) is 10.9. The Kier molecular flexibility index (Phi) is 2.71. The fourth-order valence-electron chi connectivity index (χ4n) is 3.05. The van der Waals surface area contributed by atoms with Crippen molar-refractivity contribution in [3.63, 3.8) is 0 Å². The molecule has 0 amide bonds. The summed E-state index contributed by atoms with van der Waals surface area (Å²) in [4.78, 5) is 0. The zero-order valence-corrected chi connectivity index (χ0v) is 10.9. The van der Waals surface area contributed by atoms with Gasteiger partial charge in [0, 0.05) is 5.92 Å². The Bertz CT molecular complexity index is 586. The minimum atomic E-state index is -0.315. The van der Waals surface area contributed by atoms with Crippen molar-refractivity contribution in [2.45, 2.75) is 32.3 Å². The van der Waals surface area contributed by atoms with E-state index in [0.29, 0.717) is 5.92 Å². The van der Waals surface area contributed by atoms with E-state index in [1.165, 1.54) is 22.3 Å². The molecule has 1 aliphatic carbocycles. The summed E-state index contributed by atoms with van der Waals surface area (Å²) in [7, 11) is 0. The van der Waals surface area contributed by atoms with E-state index in [0.717, 1.165) is 12.0 Å². The summed E-state index contributed by atoms with van der Waals surface area (Å²) < 4.78 is 0. The van der Waals surface area contributed by atoms with Crippen LogP contribution in [0, 0.1) is 13.8 Å². The first-order valence-electron chi connectivity index (χ1n) is 6.51. The molecule has 0 aromatic heterocycles. The van der Waals surface area contributed by atoms with Crippen molar-refractivity contribution in [1.29, 1.82) is 0 Å². The fourth-order valence-corrected chi connectivity index (χ4v) is 3.05. The lowest BCUT2D eigenvalue weighted by molar-refractivity contribution is 0.176. The van der Waals surface area contributed by atoms with E-state index < -0.39 is 0 Å². The first kappa shape index (κ1) is 11.5. The zero-order chi connectivity index (χ0) is 12.7. The van der Waals surface area contributed by atoms with E-state index in [4.69, 9.17) is 0 Å². The van der Waals surface area contributed by atoms with Gasteiger partial charge in [0.15, 0.2) is 0 Å². The highest BCUT2D eigenvalue weighted by atomic mass is 16.3. The number of rotatable bonds is 1. The number of fused-ring (bicyclic) bond motifs is 1. The van der Waals surface area contributed by atoms with Crippen LogP contribution in [0.4, 0.5) is 0 Å². The predicted octanol–water partition coefficient (Wildman–Crippen LogP) is 3.87. The van der Waals surface area contributed by atoms with E-state index in [1.54, 1.807) is 0 Å². The molecule has 92 valence electrons. The summed E-state index contributed by atoms with van der Waals surface area (Å²) in [5.74, 6) is 0.344. The minimum Gasteiger partial charge on any atom is -0.388 e. The van der Waals surface area contributed by atoms with Gasteiger partial charge in [0.2, 0.25) is 0 Å². The maximum atomic E-state index is 10.2. The van der Waals surface area contributed by atoms with Crippen molar-refractivity contribution >= 4 is 0 Å². The Balaban J connectivity index is 2.11. The van der Waals surface area contributed by atoms with Gasteiger partial charge in [0.25, 0.3) is 0 Å². The van der Waals surface area contributed by atoms with E-state index >= 15 is 0 Å². The Morgan fingerprint density at radius 1 is 0.944 bits per heavy atom. The second-order valence-electron chi connectivity index (χ2n) is 5.29. The van der Waals surface area contributed by atoms with Gasteiger partial charge < -0.3 is 5.11 Å². The molecule has 0 saturated heterocycles. The molecule has 1 N–H and O–H groups in total. The van der Waals surface area contributed by atoms with Gasteiger partial charge in [0.05, 0.1) is 6.10 Å². The molecule has 1 heteroatoms. The average Bonchev–Trinajstić information content (AvgIpc) is 2.67. The van der Waals surface area contributed by atoms with Crippen molar-refractivity contribution in [2.75, 3.05) is 0 Å². The number of aliphatic hydroxyl groups excluding tert-OH is 1. The molecule has 18 heavy (non-hydrogen) atoms. The van der Waals surface area contributed by atoms with Gasteiger partial charge >= 0.3 is 0 Å². The monoisotopic (exact) mass is 238 g/mol. The molecule has 0 radical (unpaired) electrons. The molecule has 2 atom stereocenters. The highest BCUT2D eigenvalue weighted by Gasteiger charge is 2.31. The summed E-state index contributed by atoms with van der Waals surface area (Å²) in [6, 6.07) is 14.9. The second-order valence-corrected chi connectivity index (χ2v) is 5.29. The van der Waals surface area contributed by atoms with Crippen molar-refractivity contribution in [3.8, 4) is 0 Å². The molecular weight excluding hydrogens is 220 g/mol. The SMILES string of the molecule is Cc1ccc2c(c1)C(O)C[C@@H]2c1ccccc1C. The second kappa shape index (κ2) is 4.25. The summed E-state index contributed by atoms with van der Waals surface area (Å²) in [6.45, 7) is 4.22. The van der Waals surface area contributed by atoms with Gasteiger partial charge in [-0.15, -0.1) is 0 Å². The molecule has 0 fully saturated rings. The van der Waals surface area contributed by atoms with E-state index in [1.807, 2.05) is 0 Å². The van der Waals surface area contributed by atoms with Crippen molar-refractivity contribution in [2.24, 2.45) is 0 Å². The number of hydrogen-bond donors (Lipinski definition) is 1. The number of hydrogen-bond acceptors (Lipinski definition) is 1. The maximum absolute atomic E-state index is 10.2. The molecule has 2 aromatic carbocycles. The van der Waals surface area contributed by atoms with Gasteiger partial charge in [-0.3, -0.25) is 0 Å². The topological polar surface area (TPSA) is 20.2 Å². The van der Waals surface area contributed by atoms with Crippen molar-refractivity contribution < 1.29 is 5.11 Å². The Morgan fingerprint density at radius 3 is 2.50 bits per heavy atom. The molecule has 0 spiro atoms. The summed E-state index contributed by atoms with van der Waals surface area (Å²) >= 11 is 0.